The third-order valence-electron chi connectivity index (χ3n) is 3.82. The smallest absolute Gasteiger partial charge is 0.338 e. The van der Waals surface area contributed by atoms with Gasteiger partial charge in [-0.1, -0.05) is 12.1 Å². The lowest BCUT2D eigenvalue weighted by Gasteiger charge is -2.07. The first-order valence-electron chi connectivity index (χ1n) is 7.62. The molecule has 5 heteroatoms. The quantitative estimate of drug-likeness (QED) is 0.529. The summed E-state index contributed by atoms with van der Waals surface area (Å²) in [5.41, 5.74) is 2.69. The fraction of sp³-hybridized carbons (Fsp3) is 0.158. The minimum atomic E-state index is -0.373. The van der Waals surface area contributed by atoms with E-state index in [0.717, 1.165) is 17.4 Å². The lowest BCUT2D eigenvalue weighted by molar-refractivity contribution is 0.0526. The number of nitrogens with zero attached hydrogens (tertiary/aromatic N) is 1. The standard InChI is InChI=1S/C19H16FNO3/c1-2-24-19(23)14-5-3-13(4-6-14)10-21-11-15(12-22)17-9-16(20)7-8-18(17)21/h3-9,11-12H,2,10H2,1H3. The highest BCUT2D eigenvalue weighted by atomic mass is 19.1. The average Bonchev–Trinajstić information content (AvgIpc) is 2.92. The number of rotatable bonds is 5. The number of carbonyl (C=O) groups excluding carboxylic acids is 2. The van der Waals surface area contributed by atoms with Gasteiger partial charge in [-0.2, -0.15) is 0 Å². The molecule has 0 atom stereocenters. The molecule has 0 aliphatic heterocycles. The molecule has 0 N–H and O–H groups in total. The summed E-state index contributed by atoms with van der Waals surface area (Å²) in [4.78, 5) is 22.9. The second-order valence-electron chi connectivity index (χ2n) is 5.41. The van der Waals surface area contributed by atoms with Crippen LogP contribution in [-0.2, 0) is 11.3 Å². The Morgan fingerprint density at radius 3 is 2.62 bits per heavy atom. The van der Waals surface area contributed by atoms with E-state index in [1.807, 2.05) is 16.7 Å². The lowest BCUT2D eigenvalue weighted by atomic mass is 10.1. The van der Waals surface area contributed by atoms with E-state index in [0.29, 0.717) is 29.7 Å². The second-order valence-corrected chi connectivity index (χ2v) is 5.41. The van der Waals surface area contributed by atoms with Crippen LogP contribution in [0.1, 0.15) is 33.2 Å². The van der Waals surface area contributed by atoms with Gasteiger partial charge in [0.2, 0.25) is 0 Å². The van der Waals surface area contributed by atoms with Crippen molar-refractivity contribution in [3.05, 3.63) is 71.2 Å². The molecule has 0 unspecified atom stereocenters. The molecule has 2 aromatic carbocycles. The van der Waals surface area contributed by atoms with E-state index < -0.39 is 0 Å². The zero-order valence-corrected chi connectivity index (χ0v) is 13.2. The van der Waals surface area contributed by atoms with Crippen LogP contribution < -0.4 is 0 Å². The molecule has 24 heavy (non-hydrogen) atoms. The average molecular weight is 325 g/mol. The number of benzene rings is 2. The van der Waals surface area contributed by atoms with Gasteiger partial charge in [-0.15, -0.1) is 0 Å². The first-order chi connectivity index (χ1) is 11.6. The van der Waals surface area contributed by atoms with Gasteiger partial charge in [0.15, 0.2) is 6.29 Å². The van der Waals surface area contributed by atoms with E-state index in [4.69, 9.17) is 4.74 Å². The number of hydrogen-bond acceptors (Lipinski definition) is 3. The Kier molecular flexibility index (Phi) is 4.42. The maximum absolute atomic E-state index is 13.4. The third-order valence-corrected chi connectivity index (χ3v) is 3.82. The molecule has 3 rings (SSSR count). The number of aromatic nitrogens is 1. The summed E-state index contributed by atoms with van der Waals surface area (Å²) in [6.45, 7) is 2.61. The van der Waals surface area contributed by atoms with Crippen molar-refractivity contribution in [3.8, 4) is 0 Å². The SMILES string of the molecule is CCOC(=O)c1ccc(Cn2cc(C=O)c3cc(F)ccc32)cc1. The highest BCUT2D eigenvalue weighted by Gasteiger charge is 2.10. The van der Waals surface area contributed by atoms with Crippen molar-refractivity contribution < 1.29 is 18.7 Å². The molecular formula is C19H16FNO3. The van der Waals surface area contributed by atoms with Crippen molar-refractivity contribution in [1.82, 2.24) is 4.57 Å². The Bertz CT molecular complexity index is 897. The number of carbonyl (C=O) groups is 2. The van der Waals surface area contributed by atoms with Gasteiger partial charge in [-0.05, 0) is 42.8 Å². The third kappa shape index (κ3) is 3.06. The van der Waals surface area contributed by atoms with Crippen molar-refractivity contribution in [1.29, 1.82) is 0 Å². The van der Waals surface area contributed by atoms with Gasteiger partial charge in [0.05, 0.1) is 12.2 Å². The van der Waals surface area contributed by atoms with Crippen LogP contribution >= 0.6 is 0 Å². The van der Waals surface area contributed by atoms with Crippen LogP contribution in [-0.4, -0.2) is 23.4 Å². The molecule has 0 amide bonds. The Morgan fingerprint density at radius 1 is 1.21 bits per heavy atom. The van der Waals surface area contributed by atoms with Gasteiger partial charge in [-0.25, -0.2) is 9.18 Å². The van der Waals surface area contributed by atoms with E-state index in [-0.39, 0.29) is 11.8 Å². The molecule has 0 aliphatic carbocycles. The molecule has 0 aliphatic rings. The number of aldehydes is 1. The van der Waals surface area contributed by atoms with E-state index >= 15 is 0 Å². The van der Waals surface area contributed by atoms with Crippen LogP contribution in [0.4, 0.5) is 4.39 Å². The number of halogens is 1. The van der Waals surface area contributed by atoms with Gasteiger partial charge in [-0.3, -0.25) is 4.79 Å². The monoisotopic (exact) mass is 325 g/mol. The molecule has 0 saturated heterocycles. The summed E-state index contributed by atoms with van der Waals surface area (Å²) in [7, 11) is 0. The Balaban J connectivity index is 1.90. The maximum Gasteiger partial charge on any atom is 0.338 e. The van der Waals surface area contributed by atoms with Gasteiger partial charge in [0.25, 0.3) is 0 Å². The predicted molar refractivity (Wildman–Crippen MR) is 88.8 cm³/mol. The van der Waals surface area contributed by atoms with Crippen LogP contribution in [0.5, 0.6) is 0 Å². The van der Waals surface area contributed by atoms with Crippen LogP contribution in [0.15, 0.2) is 48.7 Å². The van der Waals surface area contributed by atoms with E-state index in [1.165, 1.54) is 12.1 Å². The molecule has 1 aromatic heterocycles. The highest BCUT2D eigenvalue weighted by molar-refractivity contribution is 5.97. The van der Waals surface area contributed by atoms with Crippen LogP contribution in [0.3, 0.4) is 0 Å². The van der Waals surface area contributed by atoms with Crippen molar-refractivity contribution in [3.63, 3.8) is 0 Å². The summed E-state index contributed by atoms with van der Waals surface area (Å²) in [6, 6.07) is 11.5. The first-order valence-corrected chi connectivity index (χ1v) is 7.62. The molecule has 0 saturated carbocycles. The van der Waals surface area contributed by atoms with E-state index in [2.05, 4.69) is 0 Å². The summed E-state index contributed by atoms with van der Waals surface area (Å²) in [5.74, 6) is -0.726. The van der Waals surface area contributed by atoms with Crippen LogP contribution in [0, 0.1) is 5.82 Å². The summed E-state index contributed by atoms with van der Waals surface area (Å²) >= 11 is 0. The molecule has 0 bridgehead atoms. The Morgan fingerprint density at radius 2 is 1.96 bits per heavy atom. The van der Waals surface area contributed by atoms with Gasteiger partial charge >= 0.3 is 5.97 Å². The minimum absolute atomic E-state index is 0.334. The zero-order valence-electron chi connectivity index (χ0n) is 13.2. The van der Waals surface area contributed by atoms with Crippen molar-refractivity contribution >= 4 is 23.2 Å². The van der Waals surface area contributed by atoms with E-state index in [9.17, 15) is 14.0 Å². The maximum atomic E-state index is 13.4. The summed E-state index contributed by atoms with van der Waals surface area (Å²) in [5, 5.41) is 0.591. The topological polar surface area (TPSA) is 48.3 Å². The highest BCUT2D eigenvalue weighted by Crippen LogP contribution is 2.22. The molecule has 0 spiro atoms. The summed E-state index contributed by atoms with van der Waals surface area (Å²) in [6.07, 6.45) is 2.43. The fourth-order valence-corrected chi connectivity index (χ4v) is 2.68. The number of hydrogen-bond donors (Lipinski definition) is 0. The zero-order chi connectivity index (χ0) is 17.1. The van der Waals surface area contributed by atoms with Crippen molar-refractivity contribution in [2.45, 2.75) is 13.5 Å². The summed E-state index contributed by atoms with van der Waals surface area (Å²) < 4.78 is 20.2. The number of esters is 1. The number of fused-ring (bicyclic) bond motifs is 1. The van der Waals surface area contributed by atoms with Gasteiger partial charge < -0.3 is 9.30 Å². The lowest BCUT2D eigenvalue weighted by Crippen LogP contribution is -2.05. The number of ether oxygens (including phenoxy) is 1. The second kappa shape index (κ2) is 6.66. The Hall–Kier alpha value is -2.95. The largest absolute Gasteiger partial charge is 0.462 e. The Labute approximate surface area is 138 Å². The van der Waals surface area contributed by atoms with Gasteiger partial charge in [0, 0.05) is 29.2 Å². The van der Waals surface area contributed by atoms with Crippen molar-refractivity contribution in [2.24, 2.45) is 0 Å². The van der Waals surface area contributed by atoms with E-state index in [1.54, 1.807) is 31.3 Å². The molecule has 3 aromatic rings. The molecule has 1 heterocycles. The fourth-order valence-electron chi connectivity index (χ4n) is 2.68. The van der Waals surface area contributed by atoms with Crippen molar-refractivity contribution in [2.75, 3.05) is 6.61 Å². The molecule has 4 nitrogen and oxygen atoms in total. The molecule has 0 fully saturated rings. The molecule has 0 radical (unpaired) electrons. The van der Waals surface area contributed by atoms with Gasteiger partial charge in [0.1, 0.15) is 5.82 Å². The predicted octanol–water partition coefficient (Wildman–Crippen LogP) is 3.82. The van der Waals surface area contributed by atoms with Crippen LogP contribution in [0.25, 0.3) is 10.9 Å². The first kappa shape index (κ1) is 15.9. The van der Waals surface area contributed by atoms with Crippen LogP contribution in [0.2, 0.25) is 0 Å². The molecule has 122 valence electrons. The molecular weight excluding hydrogens is 309 g/mol. The minimum Gasteiger partial charge on any atom is -0.462 e. The normalized spacial score (nSPS) is 10.8.